The third-order valence-corrected chi connectivity index (χ3v) is 4.81. The van der Waals surface area contributed by atoms with Crippen LogP contribution in [0.1, 0.15) is 43.8 Å². The van der Waals surface area contributed by atoms with Crippen molar-refractivity contribution in [1.82, 2.24) is 25.7 Å². The molecule has 1 aromatic rings. The molecule has 0 aromatic carbocycles. The van der Waals surface area contributed by atoms with Gasteiger partial charge in [0.15, 0.2) is 11.8 Å². The van der Waals surface area contributed by atoms with Crippen LogP contribution in [0.25, 0.3) is 0 Å². The average molecular weight is 320 g/mol. The largest absolute Gasteiger partial charge is 0.352 e. The molecule has 0 spiro atoms. The second-order valence-corrected chi connectivity index (χ2v) is 6.70. The van der Waals surface area contributed by atoms with Crippen molar-refractivity contribution < 1.29 is 4.52 Å². The highest BCUT2D eigenvalue weighted by molar-refractivity contribution is 5.79. The van der Waals surface area contributed by atoms with Gasteiger partial charge < -0.3 is 20.1 Å². The van der Waals surface area contributed by atoms with E-state index in [1.807, 2.05) is 0 Å². The Hall–Kier alpha value is -1.63. The summed E-state index contributed by atoms with van der Waals surface area (Å²) >= 11 is 0. The summed E-state index contributed by atoms with van der Waals surface area (Å²) in [4.78, 5) is 11.1. The maximum Gasteiger partial charge on any atom is 0.223 e. The molecule has 3 rings (SSSR count). The van der Waals surface area contributed by atoms with Gasteiger partial charge in [0.2, 0.25) is 5.89 Å². The zero-order valence-electron chi connectivity index (χ0n) is 14.2. The maximum absolute atomic E-state index is 4.97. The van der Waals surface area contributed by atoms with E-state index >= 15 is 0 Å². The molecule has 2 aliphatic rings. The molecule has 2 N–H and O–H groups in total. The van der Waals surface area contributed by atoms with Crippen molar-refractivity contribution in [2.75, 3.05) is 26.7 Å². The molecule has 128 valence electrons. The molecule has 1 saturated carbocycles. The highest BCUT2D eigenvalue weighted by Crippen LogP contribution is 2.26. The second kappa shape index (κ2) is 7.77. The molecule has 0 bridgehead atoms. The molecule has 1 saturated heterocycles. The molecule has 23 heavy (non-hydrogen) atoms. The van der Waals surface area contributed by atoms with Crippen molar-refractivity contribution in [3.05, 3.63) is 11.7 Å². The molecule has 7 nitrogen and oxygen atoms in total. The molecule has 0 radical (unpaired) electrons. The van der Waals surface area contributed by atoms with Gasteiger partial charge in [0.1, 0.15) is 0 Å². The van der Waals surface area contributed by atoms with Crippen LogP contribution >= 0.6 is 0 Å². The highest BCUT2D eigenvalue weighted by Gasteiger charge is 2.26. The predicted octanol–water partition coefficient (Wildman–Crippen LogP) is 1.31. The van der Waals surface area contributed by atoms with E-state index in [0.29, 0.717) is 24.3 Å². The monoisotopic (exact) mass is 320 g/mol. The van der Waals surface area contributed by atoms with Gasteiger partial charge in [-0.15, -0.1) is 0 Å². The Bertz CT molecular complexity index is 522. The van der Waals surface area contributed by atoms with Crippen molar-refractivity contribution in [3.8, 4) is 0 Å². The number of aliphatic imine (C=N–C) groups is 1. The number of aromatic nitrogens is 2. The van der Waals surface area contributed by atoms with Gasteiger partial charge in [-0.3, -0.25) is 4.99 Å². The van der Waals surface area contributed by atoms with E-state index in [9.17, 15) is 0 Å². The van der Waals surface area contributed by atoms with Gasteiger partial charge in [-0.25, -0.2) is 0 Å². The molecule has 2 heterocycles. The van der Waals surface area contributed by atoms with E-state index in [4.69, 9.17) is 4.52 Å². The third-order valence-electron chi connectivity index (χ3n) is 4.81. The van der Waals surface area contributed by atoms with Gasteiger partial charge in [-0.1, -0.05) is 18.0 Å². The Balaban J connectivity index is 1.40. The predicted molar refractivity (Wildman–Crippen MR) is 89.2 cm³/mol. The van der Waals surface area contributed by atoms with Gasteiger partial charge in [0, 0.05) is 39.6 Å². The summed E-state index contributed by atoms with van der Waals surface area (Å²) in [5.41, 5.74) is 0. The highest BCUT2D eigenvalue weighted by atomic mass is 16.5. The van der Waals surface area contributed by atoms with Crippen molar-refractivity contribution in [3.63, 3.8) is 0 Å². The first-order chi connectivity index (χ1) is 11.2. The SMILES string of the molecule is CN=C(NCc1noc(C)n1)NC1CCN(CC2CCCC2)C1. The fraction of sp³-hybridized carbons (Fsp3) is 0.812. The summed E-state index contributed by atoms with van der Waals surface area (Å²) < 4.78 is 4.97. The van der Waals surface area contributed by atoms with Crippen LogP contribution in [-0.2, 0) is 6.54 Å². The Morgan fingerprint density at radius 2 is 2.17 bits per heavy atom. The number of nitrogens with zero attached hydrogens (tertiary/aromatic N) is 4. The van der Waals surface area contributed by atoms with Crippen molar-refractivity contribution >= 4 is 5.96 Å². The minimum atomic E-state index is 0.467. The minimum Gasteiger partial charge on any atom is -0.352 e. The molecule has 1 atom stereocenters. The Labute approximate surface area is 137 Å². The van der Waals surface area contributed by atoms with Crippen LogP contribution in [0.15, 0.2) is 9.52 Å². The first-order valence-electron chi connectivity index (χ1n) is 8.71. The topological polar surface area (TPSA) is 78.6 Å². The summed E-state index contributed by atoms with van der Waals surface area (Å²) in [5, 5.41) is 10.6. The quantitative estimate of drug-likeness (QED) is 0.629. The first kappa shape index (κ1) is 16.2. The van der Waals surface area contributed by atoms with E-state index in [2.05, 4.69) is 30.7 Å². The maximum atomic E-state index is 4.97. The van der Waals surface area contributed by atoms with Gasteiger partial charge in [0.05, 0.1) is 6.54 Å². The molecule has 0 amide bonds. The number of nitrogens with one attached hydrogen (secondary N) is 2. The molecule has 1 unspecified atom stereocenters. The molecule has 2 fully saturated rings. The zero-order chi connectivity index (χ0) is 16.1. The smallest absolute Gasteiger partial charge is 0.223 e. The molecular weight excluding hydrogens is 292 g/mol. The normalized spacial score (nSPS) is 23.6. The average Bonchev–Trinajstić information content (AvgIpc) is 3.27. The zero-order valence-corrected chi connectivity index (χ0v) is 14.2. The number of aryl methyl sites for hydroxylation is 1. The van der Waals surface area contributed by atoms with Crippen molar-refractivity contribution in [1.29, 1.82) is 0 Å². The molecule has 1 aliphatic carbocycles. The summed E-state index contributed by atoms with van der Waals surface area (Å²) in [6.45, 7) is 5.89. The lowest BCUT2D eigenvalue weighted by molar-refractivity contribution is 0.275. The molecule has 1 aromatic heterocycles. The van der Waals surface area contributed by atoms with Gasteiger partial charge in [-0.2, -0.15) is 4.98 Å². The van der Waals surface area contributed by atoms with E-state index < -0.39 is 0 Å². The fourth-order valence-electron chi connectivity index (χ4n) is 3.64. The molecule has 1 aliphatic heterocycles. The summed E-state index contributed by atoms with van der Waals surface area (Å²) in [6, 6.07) is 0.467. The van der Waals surface area contributed by atoms with E-state index in [1.54, 1.807) is 14.0 Å². The molecule has 7 heteroatoms. The standard InChI is InChI=1S/C16H28N6O/c1-12-19-15(21-23-12)9-18-16(17-2)20-14-7-8-22(11-14)10-13-5-3-4-6-13/h13-14H,3-11H2,1-2H3,(H2,17,18,20). The van der Waals surface area contributed by atoms with Crippen LogP contribution in [-0.4, -0.2) is 53.7 Å². The summed E-state index contributed by atoms with van der Waals surface area (Å²) in [6.07, 6.45) is 6.86. The van der Waals surface area contributed by atoms with Crippen LogP contribution in [0.5, 0.6) is 0 Å². The third kappa shape index (κ3) is 4.67. The van der Waals surface area contributed by atoms with Crippen molar-refractivity contribution in [2.24, 2.45) is 10.9 Å². The molecular formula is C16H28N6O. The van der Waals surface area contributed by atoms with Gasteiger partial charge in [0.25, 0.3) is 0 Å². The number of guanidine groups is 1. The van der Waals surface area contributed by atoms with Crippen LogP contribution in [0.3, 0.4) is 0 Å². The fourth-order valence-corrected chi connectivity index (χ4v) is 3.64. The summed E-state index contributed by atoms with van der Waals surface area (Å²) in [5.74, 6) is 2.97. The minimum absolute atomic E-state index is 0.467. The van der Waals surface area contributed by atoms with Crippen molar-refractivity contribution in [2.45, 2.75) is 51.6 Å². The number of rotatable bonds is 5. The second-order valence-electron chi connectivity index (χ2n) is 6.70. The Morgan fingerprint density at radius 3 is 2.87 bits per heavy atom. The number of likely N-dealkylation sites (tertiary alicyclic amines) is 1. The lowest BCUT2D eigenvalue weighted by atomic mass is 10.1. The van der Waals surface area contributed by atoms with Gasteiger partial charge >= 0.3 is 0 Å². The summed E-state index contributed by atoms with van der Waals surface area (Å²) in [7, 11) is 1.79. The number of hydrogen-bond donors (Lipinski definition) is 2. The van der Waals surface area contributed by atoms with Crippen LogP contribution in [0.2, 0.25) is 0 Å². The Morgan fingerprint density at radius 1 is 1.35 bits per heavy atom. The number of hydrogen-bond acceptors (Lipinski definition) is 5. The van der Waals surface area contributed by atoms with Crippen LogP contribution in [0, 0.1) is 12.8 Å². The lowest BCUT2D eigenvalue weighted by Gasteiger charge is -2.21. The van der Waals surface area contributed by atoms with E-state index in [1.165, 1.54) is 45.2 Å². The van der Waals surface area contributed by atoms with E-state index in [0.717, 1.165) is 18.4 Å². The van der Waals surface area contributed by atoms with Gasteiger partial charge in [-0.05, 0) is 25.2 Å². The first-order valence-corrected chi connectivity index (χ1v) is 8.71. The lowest BCUT2D eigenvalue weighted by Crippen LogP contribution is -2.44. The van der Waals surface area contributed by atoms with E-state index in [-0.39, 0.29) is 0 Å². The Kier molecular flexibility index (Phi) is 5.48. The van der Waals surface area contributed by atoms with Crippen LogP contribution in [0.4, 0.5) is 0 Å². The van der Waals surface area contributed by atoms with Crippen LogP contribution < -0.4 is 10.6 Å².